The lowest BCUT2D eigenvalue weighted by molar-refractivity contribution is -0.142. The molecule has 0 saturated heterocycles. The third-order valence-corrected chi connectivity index (χ3v) is 5.22. The molecule has 0 aromatic rings. The van der Waals surface area contributed by atoms with E-state index < -0.39 is 65.8 Å². The number of thioether (sulfide) groups is 1. The van der Waals surface area contributed by atoms with E-state index in [1.807, 2.05) is 6.26 Å². The summed E-state index contributed by atoms with van der Waals surface area (Å²) in [7, 11) is 0. The first-order valence-corrected chi connectivity index (χ1v) is 11.6. The summed E-state index contributed by atoms with van der Waals surface area (Å²) in [5, 5.41) is 26.4. The summed E-state index contributed by atoms with van der Waals surface area (Å²) in [6.07, 6.45) is 0.515. The third-order valence-electron chi connectivity index (χ3n) is 4.57. The molecule has 0 rings (SSSR count). The molecule has 0 heterocycles. The van der Waals surface area contributed by atoms with Crippen molar-refractivity contribution in [2.45, 2.75) is 70.3 Å². The minimum atomic E-state index is -1.43. The standard InChI is InChI=1S/C19H35N5O7S/c1-9(2)14(17(28)22-12(19(30)31)7-8-32-4)23-18(29)15(10(3)25)24-16(27)11(20)5-6-13(21)26/h9-12,14-15,25H,5-8,20H2,1-4H3,(H2,21,26)(H,22,28)(H,23,29)(H,24,27)(H,30,31). The number of carbonyl (C=O) groups excluding carboxylic acids is 4. The second-order valence-electron chi connectivity index (χ2n) is 7.75. The Hall–Kier alpha value is -2.38. The summed E-state index contributed by atoms with van der Waals surface area (Å²) in [5.74, 6) is -4.06. The highest BCUT2D eigenvalue weighted by Gasteiger charge is 2.33. The van der Waals surface area contributed by atoms with E-state index in [0.29, 0.717) is 5.75 Å². The highest BCUT2D eigenvalue weighted by molar-refractivity contribution is 7.98. The monoisotopic (exact) mass is 477 g/mol. The van der Waals surface area contributed by atoms with E-state index in [1.165, 1.54) is 18.7 Å². The fraction of sp³-hybridized carbons (Fsp3) is 0.737. The predicted molar refractivity (Wildman–Crippen MR) is 119 cm³/mol. The Kier molecular flexibility index (Phi) is 13.5. The lowest BCUT2D eigenvalue weighted by Gasteiger charge is -2.28. The van der Waals surface area contributed by atoms with E-state index in [0.717, 1.165) is 0 Å². The van der Waals surface area contributed by atoms with Crippen LogP contribution in [0.5, 0.6) is 0 Å². The van der Waals surface area contributed by atoms with Gasteiger partial charge in [0.25, 0.3) is 0 Å². The molecule has 5 unspecified atom stereocenters. The lowest BCUT2D eigenvalue weighted by atomic mass is 10.0. The molecule has 0 spiro atoms. The average Bonchev–Trinajstić information content (AvgIpc) is 2.69. The number of nitrogens with two attached hydrogens (primary N) is 2. The van der Waals surface area contributed by atoms with Crippen LogP contribution in [0.15, 0.2) is 0 Å². The number of hydrogen-bond donors (Lipinski definition) is 7. The van der Waals surface area contributed by atoms with Crippen LogP contribution in [0.1, 0.15) is 40.0 Å². The zero-order valence-corrected chi connectivity index (χ0v) is 19.6. The van der Waals surface area contributed by atoms with Crippen molar-refractivity contribution in [1.82, 2.24) is 16.0 Å². The Morgan fingerprint density at radius 1 is 0.906 bits per heavy atom. The minimum Gasteiger partial charge on any atom is -0.480 e. The molecule has 12 nitrogen and oxygen atoms in total. The van der Waals surface area contributed by atoms with Crippen molar-refractivity contribution in [2.75, 3.05) is 12.0 Å². The van der Waals surface area contributed by atoms with Crippen molar-refractivity contribution in [3.8, 4) is 0 Å². The number of carboxylic acids is 1. The van der Waals surface area contributed by atoms with Crippen LogP contribution in [0.3, 0.4) is 0 Å². The Bertz CT molecular complexity index is 674. The van der Waals surface area contributed by atoms with E-state index in [4.69, 9.17) is 11.5 Å². The van der Waals surface area contributed by atoms with Gasteiger partial charge in [-0.15, -0.1) is 0 Å². The fourth-order valence-electron chi connectivity index (χ4n) is 2.63. The molecule has 32 heavy (non-hydrogen) atoms. The number of rotatable bonds is 15. The summed E-state index contributed by atoms with van der Waals surface area (Å²) >= 11 is 1.43. The molecule has 0 saturated carbocycles. The fourth-order valence-corrected chi connectivity index (χ4v) is 3.10. The van der Waals surface area contributed by atoms with Crippen LogP contribution in [0.25, 0.3) is 0 Å². The molecule has 184 valence electrons. The van der Waals surface area contributed by atoms with Gasteiger partial charge in [0.05, 0.1) is 12.1 Å². The zero-order chi connectivity index (χ0) is 25.0. The smallest absolute Gasteiger partial charge is 0.326 e. The minimum absolute atomic E-state index is 0.0427. The summed E-state index contributed by atoms with van der Waals surface area (Å²) in [6.45, 7) is 4.57. The molecule has 0 aliphatic heterocycles. The van der Waals surface area contributed by atoms with Gasteiger partial charge in [-0.25, -0.2) is 4.79 Å². The van der Waals surface area contributed by atoms with E-state index >= 15 is 0 Å². The summed E-state index contributed by atoms with van der Waals surface area (Å²) in [5.41, 5.74) is 10.7. The topological polar surface area (TPSA) is 214 Å². The van der Waals surface area contributed by atoms with Crippen molar-refractivity contribution < 1.29 is 34.2 Å². The highest BCUT2D eigenvalue weighted by Crippen LogP contribution is 2.07. The van der Waals surface area contributed by atoms with Gasteiger partial charge in [0, 0.05) is 6.42 Å². The average molecular weight is 478 g/mol. The first kappa shape index (κ1) is 29.6. The van der Waals surface area contributed by atoms with E-state index in [2.05, 4.69) is 16.0 Å². The van der Waals surface area contributed by atoms with Crippen LogP contribution in [-0.2, 0) is 24.0 Å². The summed E-state index contributed by atoms with van der Waals surface area (Å²) in [4.78, 5) is 59.8. The van der Waals surface area contributed by atoms with Gasteiger partial charge in [0.15, 0.2) is 0 Å². The number of nitrogens with one attached hydrogen (secondary N) is 3. The van der Waals surface area contributed by atoms with Gasteiger partial charge < -0.3 is 37.6 Å². The van der Waals surface area contributed by atoms with Gasteiger partial charge in [-0.2, -0.15) is 11.8 Å². The van der Waals surface area contributed by atoms with Gasteiger partial charge in [-0.1, -0.05) is 13.8 Å². The number of hydrogen-bond acceptors (Lipinski definition) is 8. The van der Waals surface area contributed by atoms with Crippen molar-refractivity contribution in [3.05, 3.63) is 0 Å². The molecule has 5 atom stereocenters. The van der Waals surface area contributed by atoms with E-state index in [9.17, 15) is 34.2 Å². The maximum Gasteiger partial charge on any atom is 0.326 e. The van der Waals surface area contributed by atoms with Crippen molar-refractivity contribution in [3.63, 3.8) is 0 Å². The first-order chi connectivity index (χ1) is 14.8. The number of carboxylic acid groups (broad SMARTS) is 1. The number of carbonyl (C=O) groups is 5. The van der Waals surface area contributed by atoms with Crippen LogP contribution in [-0.4, -0.2) is 82.1 Å². The van der Waals surface area contributed by atoms with Crippen LogP contribution >= 0.6 is 11.8 Å². The molecular formula is C19H35N5O7S. The maximum atomic E-state index is 12.7. The van der Waals surface area contributed by atoms with Gasteiger partial charge >= 0.3 is 5.97 Å². The van der Waals surface area contributed by atoms with Crippen molar-refractivity contribution >= 4 is 41.4 Å². The van der Waals surface area contributed by atoms with E-state index in [1.54, 1.807) is 13.8 Å². The number of aliphatic carboxylic acids is 1. The quantitative estimate of drug-likeness (QED) is 0.137. The van der Waals surface area contributed by atoms with E-state index in [-0.39, 0.29) is 19.3 Å². The van der Waals surface area contributed by atoms with Gasteiger partial charge in [-0.3, -0.25) is 19.2 Å². The van der Waals surface area contributed by atoms with Gasteiger partial charge in [-0.05, 0) is 37.7 Å². The number of amides is 4. The SMILES string of the molecule is CSCCC(NC(=O)C(NC(=O)C(NC(=O)C(N)CCC(N)=O)C(C)O)C(C)C)C(=O)O. The van der Waals surface area contributed by atoms with Crippen LogP contribution in [0.2, 0.25) is 0 Å². The molecule has 4 amide bonds. The molecule has 0 fully saturated rings. The molecule has 0 aliphatic carbocycles. The van der Waals surface area contributed by atoms with Gasteiger partial charge in [0.2, 0.25) is 23.6 Å². The Morgan fingerprint density at radius 2 is 1.44 bits per heavy atom. The number of primary amides is 1. The number of aliphatic hydroxyl groups is 1. The predicted octanol–water partition coefficient (Wildman–Crippen LogP) is -2.09. The summed E-state index contributed by atoms with van der Waals surface area (Å²) < 4.78 is 0. The van der Waals surface area contributed by atoms with Gasteiger partial charge in [0.1, 0.15) is 18.1 Å². The van der Waals surface area contributed by atoms with Crippen LogP contribution < -0.4 is 27.4 Å². The molecule has 0 radical (unpaired) electrons. The van der Waals surface area contributed by atoms with Crippen molar-refractivity contribution in [1.29, 1.82) is 0 Å². The maximum absolute atomic E-state index is 12.7. The molecule has 0 bridgehead atoms. The Morgan fingerprint density at radius 3 is 1.88 bits per heavy atom. The summed E-state index contributed by atoms with van der Waals surface area (Å²) in [6, 6.07) is -4.79. The highest BCUT2D eigenvalue weighted by atomic mass is 32.2. The molecule has 0 aromatic carbocycles. The Labute approximate surface area is 191 Å². The van der Waals surface area contributed by atoms with Crippen LogP contribution in [0, 0.1) is 5.92 Å². The molecule has 0 aromatic heterocycles. The normalized spacial score (nSPS) is 15.7. The second kappa shape index (κ2) is 14.6. The second-order valence-corrected chi connectivity index (χ2v) is 8.74. The zero-order valence-electron chi connectivity index (χ0n) is 18.8. The molecular weight excluding hydrogens is 442 g/mol. The molecule has 9 N–H and O–H groups in total. The lowest BCUT2D eigenvalue weighted by Crippen LogP contribution is -2.60. The number of aliphatic hydroxyl groups excluding tert-OH is 1. The van der Waals surface area contributed by atoms with Crippen molar-refractivity contribution in [2.24, 2.45) is 17.4 Å². The first-order valence-electron chi connectivity index (χ1n) is 10.2. The van der Waals surface area contributed by atoms with Crippen LogP contribution in [0.4, 0.5) is 0 Å². The Balaban J connectivity index is 5.27. The molecule has 13 heteroatoms. The molecule has 0 aliphatic rings. The largest absolute Gasteiger partial charge is 0.480 e. The third kappa shape index (κ3) is 10.8.